The second-order valence-corrected chi connectivity index (χ2v) is 7.65. The van der Waals surface area contributed by atoms with Crippen molar-refractivity contribution in [3.8, 4) is 0 Å². The minimum Gasteiger partial charge on any atom is -0.334 e. The number of nitrogens with zero attached hydrogens (tertiary/aromatic N) is 3. The summed E-state index contributed by atoms with van der Waals surface area (Å²) in [4.78, 5) is 15.3. The van der Waals surface area contributed by atoms with Crippen molar-refractivity contribution in [1.82, 2.24) is 15.5 Å². The van der Waals surface area contributed by atoms with Gasteiger partial charge in [0.2, 0.25) is 0 Å². The maximum absolute atomic E-state index is 12.9. The summed E-state index contributed by atoms with van der Waals surface area (Å²) in [6, 6.07) is 0.301. The number of carbonyl (C=O) groups excluding carboxylic acids is 1. The average molecular weight is 332 g/mol. The molecule has 132 valence electrons. The van der Waals surface area contributed by atoms with Crippen molar-refractivity contribution in [2.75, 3.05) is 32.7 Å². The van der Waals surface area contributed by atoms with E-state index in [1.165, 1.54) is 5.57 Å². The lowest BCUT2D eigenvalue weighted by molar-refractivity contribution is -0.899. The first-order chi connectivity index (χ1) is 11.4. The van der Waals surface area contributed by atoms with Crippen molar-refractivity contribution < 1.29 is 9.39 Å². The van der Waals surface area contributed by atoms with E-state index in [-0.39, 0.29) is 11.6 Å². The van der Waals surface area contributed by atoms with Crippen LogP contribution in [-0.4, -0.2) is 66.0 Å². The third kappa shape index (κ3) is 3.06. The van der Waals surface area contributed by atoms with E-state index in [1.807, 2.05) is 12.3 Å². The van der Waals surface area contributed by atoms with Gasteiger partial charge in [-0.1, -0.05) is 10.7 Å². The monoisotopic (exact) mass is 332 g/mol. The SMILES string of the molecule is CC1=C(C[N+]2(C(C)C)C=CC=N2)C(=O)NC(C)(N2CCNCC2)C1. The molecule has 3 aliphatic heterocycles. The predicted molar refractivity (Wildman–Crippen MR) is 96.2 cm³/mol. The molecule has 24 heavy (non-hydrogen) atoms. The van der Waals surface area contributed by atoms with Crippen LogP contribution in [0, 0.1) is 0 Å². The lowest BCUT2D eigenvalue weighted by atomic mass is 9.90. The Morgan fingerprint density at radius 1 is 1.38 bits per heavy atom. The summed E-state index contributed by atoms with van der Waals surface area (Å²) in [6.45, 7) is 13.1. The topological polar surface area (TPSA) is 56.7 Å². The van der Waals surface area contributed by atoms with E-state index in [0.717, 1.165) is 38.2 Å². The van der Waals surface area contributed by atoms with Crippen molar-refractivity contribution in [2.45, 2.75) is 45.8 Å². The first kappa shape index (κ1) is 17.3. The van der Waals surface area contributed by atoms with E-state index in [1.54, 1.807) is 0 Å². The van der Waals surface area contributed by atoms with Gasteiger partial charge in [0.25, 0.3) is 5.91 Å². The molecule has 3 rings (SSSR count). The molecule has 0 radical (unpaired) electrons. The molecule has 0 aliphatic carbocycles. The third-order valence-electron chi connectivity index (χ3n) is 5.61. The largest absolute Gasteiger partial charge is 0.334 e. The molecule has 3 heterocycles. The molecule has 6 heteroatoms. The fourth-order valence-electron chi connectivity index (χ4n) is 3.96. The van der Waals surface area contributed by atoms with Gasteiger partial charge in [0.05, 0.1) is 17.5 Å². The number of quaternary nitrogens is 1. The average Bonchev–Trinajstić information content (AvgIpc) is 3.02. The Hall–Kier alpha value is -1.50. The molecule has 0 aromatic rings. The fraction of sp³-hybridized carbons (Fsp3) is 0.667. The number of hydrogen-bond acceptors (Lipinski definition) is 4. The van der Waals surface area contributed by atoms with Crippen molar-refractivity contribution in [2.24, 2.45) is 5.10 Å². The van der Waals surface area contributed by atoms with Gasteiger partial charge in [-0.25, -0.2) is 0 Å². The summed E-state index contributed by atoms with van der Waals surface area (Å²) < 4.78 is 0.477. The van der Waals surface area contributed by atoms with Gasteiger partial charge in [0, 0.05) is 38.7 Å². The van der Waals surface area contributed by atoms with Crippen LogP contribution in [0.3, 0.4) is 0 Å². The highest BCUT2D eigenvalue weighted by Crippen LogP contribution is 2.31. The molecule has 0 saturated carbocycles. The minimum atomic E-state index is -0.278. The van der Waals surface area contributed by atoms with Crippen LogP contribution in [0.2, 0.25) is 0 Å². The maximum Gasteiger partial charge on any atom is 0.254 e. The zero-order chi connectivity index (χ0) is 17.4. The van der Waals surface area contributed by atoms with Crippen LogP contribution in [0.25, 0.3) is 0 Å². The van der Waals surface area contributed by atoms with E-state index >= 15 is 0 Å². The van der Waals surface area contributed by atoms with Crippen LogP contribution in [0.15, 0.2) is 28.5 Å². The van der Waals surface area contributed by atoms with Gasteiger partial charge in [-0.2, -0.15) is 4.59 Å². The highest BCUT2D eigenvalue weighted by Gasteiger charge is 2.42. The van der Waals surface area contributed by atoms with Crippen LogP contribution in [0.4, 0.5) is 0 Å². The Labute approximate surface area is 144 Å². The zero-order valence-electron chi connectivity index (χ0n) is 15.3. The highest BCUT2D eigenvalue weighted by atomic mass is 16.2. The Bertz CT molecular complexity index is 589. The molecule has 1 fully saturated rings. The zero-order valence-corrected chi connectivity index (χ0v) is 15.3. The summed E-state index contributed by atoms with van der Waals surface area (Å²) in [7, 11) is 0. The molecule has 0 bridgehead atoms. The van der Waals surface area contributed by atoms with Crippen LogP contribution in [-0.2, 0) is 4.79 Å². The quantitative estimate of drug-likeness (QED) is 0.760. The standard InChI is InChI=1S/C18H29N5O/c1-14(2)23(11-5-6-20-23)13-16-15(3)12-18(4,21-17(16)24)22-9-7-19-8-10-22/h5-6,11,14,19H,7-10,12-13H2,1-4H3/p+1. The molecule has 0 aromatic carbocycles. The lowest BCUT2D eigenvalue weighted by Crippen LogP contribution is -2.65. The molecular formula is C18H30N5O+. The Morgan fingerprint density at radius 3 is 2.62 bits per heavy atom. The van der Waals surface area contributed by atoms with Gasteiger partial charge < -0.3 is 10.6 Å². The van der Waals surface area contributed by atoms with Crippen molar-refractivity contribution in [3.63, 3.8) is 0 Å². The molecule has 1 amide bonds. The van der Waals surface area contributed by atoms with Crippen LogP contribution in [0.1, 0.15) is 34.1 Å². The number of allylic oxidation sites excluding steroid dienone is 1. The maximum atomic E-state index is 12.9. The van der Waals surface area contributed by atoms with Gasteiger partial charge >= 0.3 is 0 Å². The van der Waals surface area contributed by atoms with E-state index in [9.17, 15) is 4.79 Å². The van der Waals surface area contributed by atoms with E-state index in [4.69, 9.17) is 0 Å². The number of rotatable bonds is 4. The van der Waals surface area contributed by atoms with Gasteiger partial charge in [-0.15, -0.1) is 0 Å². The van der Waals surface area contributed by atoms with Crippen LogP contribution < -0.4 is 10.6 Å². The minimum absolute atomic E-state index is 0.0634. The van der Waals surface area contributed by atoms with Crippen molar-refractivity contribution >= 4 is 12.1 Å². The second kappa shape index (κ2) is 6.43. The highest BCUT2D eigenvalue weighted by molar-refractivity contribution is 5.96. The number of nitrogens with one attached hydrogen (secondary N) is 2. The molecule has 6 nitrogen and oxygen atoms in total. The van der Waals surface area contributed by atoms with Gasteiger partial charge in [0.15, 0.2) is 0 Å². The number of amides is 1. The number of piperazine rings is 1. The molecule has 3 aliphatic rings. The predicted octanol–water partition coefficient (Wildman–Crippen LogP) is 1.18. The van der Waals surface area contributed by atoms with Crippen molar-refractivity contribution in [3.05, 3.63) is 23.4 Å². The van der Waals surface area contributed by atoms with Gasteiger partial charge in [-0.05, 0) is 27.7 Å². The summed E-state index contributed by atoms with van der Waals surface area (Å²) >= 11 is 0. The first-order valence-electron chi connectivity index (χ1n) is 8.94. The fourth-order valence-corrected chi connectivity index (χ4v) is 3.96. The second-order valence-electron chi connectivity index (χ2n) is 7.65. The molecule has 2 atom stereocenters. The number of carbonyl (C=O) groups is 1. The molecule has 2 unspecified atom stereocenters. The van der Waals surface area contributed by atoms with Gasteiger partial charge in [-0.3, -0.25) is 9.69 Å². The van der Waals surface area contributed by atoms with E-state index in [0.29, 0.717) is 17.2 Å². The summed E-state index contributed by atoms with van der Waals surface area (Å²) in [5.74, 6) is 0.0634. The lowest BCUT2D eigenvalue weighted by Gasteiger charge is -2.47. The first-order valence-corrected chi connectivity index (χ1v) is 8.94. The molecular weight excluding hydrogens is 302 g/mol. The molecule has 2 N–H and O–H groups in total. The molecule has 1 saturated heterocycles. The van der Waals surface area contributed by atoms with E-state index in [2.05, 4.69) is 54.5 Å². The smallest absolute Gasteiger partial charge is 0.254 e. The van der Waals surface area contributed by atoms with Crippen LogP contribution in [0.5, 0.6) is 0 Å². The summed E-state index contributed by atoms with van der Waals surface area (Å²) in [5.41, 5.74) is 1.80. The summed E-state index contributed by atoms with van der Waals surface area (Å²) in [6.07, 6.45) is 6.77. The van der Waals surface area contributed by atoms with E-state index < -0.39 is 0 Å². The summed E-state index contributed by atoms with van der Waals surface area (Å²) in [5, 5.41) is 11.3. The van der Waals surface area contributed by atoms with Crippen LogP contribution >= 0.6 is 0 Å². The number of hydrogen-bond donors (Lipinski definition) is 2. The van der Waals surface area contributed by atoms with Gasteiger partial charge in [0.1, 0.15) is 18.8 Å². The Morgan fingerprint density at radius 2 is 2.08 bits per heavy atom. The van der Waals surface area contributed by atoms with Crippen molar-refractivity contribution in [1.29, 1.82) is 0 Å². The molecule has 0 aromatic heterocycles. The Balaban J connectivity index is 1.82. The normalized spacial score (nSPS) is 34.3. The third-order valence-corrected chi connectivity index (χ3v) is 5.61. The Kier molecular flexibility index (Phi) is 4.64. The molecule has 0 spiro atoms.